The molecule has 2 unspecified atom stereocenters. The van der Waals surface area contributed by atoms with Crippen molar-refractivity contribution < 1.29 is 24.0 Å². The molecule has 10 rings (SSSR count). The maximum absolute atomic E-state index is 13.8. The average Bonchev–Trinajstić information content (AvgIpc) is 3.76. The molecular formula is C48H53N11O5S. The van der Waals surface area contributed by atoms with Gasteiger partial charge < -0.3 is 20.4 Å². The van der Waals surface area contributed by atoms with Crippen LogP contribution in [0.3, 0.4) is 0 Å². The molecule has 65 heavy (non-hydrogen) atoms. The number of aryl methyl sites for hydroxylation is 3. The number of aromatic nitrogens is 4. The highest BCUT2D eigenvalue weighted by Crippen LogP contribution is 2.36. The number of fused-ring (bicyclic) bond motifs is 3. The molecule has 5 aromatic rings. The van der Waals surface area contributed by atoms with Crippen molar-refractivity contribution in [3.8, 4) is 0 Å². The Morgan fingerprint density at radius 1 is 0.831 bits per heavy atom. The summed E-state index contributed by atoms with van der Waals surface area (Å²) in [6.45, 7) is 8.61. The molecule has 3 saturated heterocycles. The topological polar surface area (TPSA) is 178 Å². The summed E-state index contributed by atoms with van der Waals surface area (Å²) >= 11 is 5.20. The third-order valence-electron chi connectivity index (χ3n) is 14.1. The zero-order valence-corrected chi connectivity index (χ0v) is 37.7. The summed E-state index contributed by atoms with van der Waals surface area (Å²) in [6, 6.07) is 16.9. The number of benzene rings is 3. The maximum atomic E-state index is 13.8. The first-order chi connectivity index (χ1) is 31.4. The molecule has 0 spiro atoms. The van der Waals surface area contributed by atoms with Crippen LogP contribution >= 0.6 is 12.6 Å². The van der Waals surface area contributed by atoms with E-state index in [1.807, 2.05) is 30.3 Å². The molecule has 2 atom stereocenters. The first-order valence-corrected chi connectivity index (χ1v) is 23.1. The molecule has 5 aliphatic heterocycles. The van der Waals surface area contributed by atoms with Crippen molar-refractivity contribution in [3.63, 3.8) is 0 Å². The number of carbonyl (C=O) groups excluding carboxylic acids is 5. The molecule has 3 fully saturated rings. The molecular weight excluding hydrogens is 843 g/mol. The van der Waals surface area contributed by atoms with Crippen molar-refractivity contribution >= 4 is 82.0 Å². The number of para-hydroxylation sites is 1. The molecule has 5 amide bonds. The van der Waals surface area contributed by atoms with Crippen LogP contribution in [0.5, 0.6) is 0 Å². The number of carbonyl (C=O) groups is 5. The van der Waals surface area contributed by atoms with Gasteiger partial charge in [-0.05, 0) is 111 Å². The molecule has 0 radical (unpaired) electrons. The predicted octanol–water partition coefficient (Wildman–Crippen LogP) is 5.64. The van der Waals surface area contributed by atoms with E-state index in [9.17, 15) is 24.0 Å². The fourth-order valence-electron chi connectivity index (χ4n) is 10.3. The van der Waals surface area contributed by atoms with Crippen molar-refractivity contribution in [1.29, 1.82) is 0 Å². The minimum Gasteiger partial charge on any atom is -0.371 e. The molecule has 336 valence electrons. The molecule has 16 nitrogen and oxygen atoms in total. The lowest BCUT2D eigenvalue weighted by atomic mass is 9.90. The number of nitrogens with zero attached hydrogens (tertiary/aromatic N) is 8. The number of hydrogen-bond donors (Lipinski definition) is 4. The van der Waals surface area contributed by atoms with E-state index in [1.165, 1.54) is 11.1 Å². The number of thiol groups is 1. The van der Waals surface area contributed by atoms with Crippen molar-refractivity contribution in [2.45, 2.75) is 76.8 Å². The summed E-state index contributed by atoms with van der Waals surface area (Å²) in [5.74, 6) is -0.351. The van der Waals surface area contributed by atoms with Crippen LogP contribution in [-0.4, -0.2) is 108 Å². The zero-order chi connectivity index (χ0) is 45.1. The third kappa shape index (κ3) is 8.09. The average molecular weight is 896 g/mol. The molecule has 2 aromatic heterocycles. The lowest BCUT2D eigenvalue weighted by Crippen LogP contribution is -2.54. The number of rotatable bonds is 9. The first kappa shape index (κ1) is 42.6. The molecule has 7 heterocycles. The Morgan fingerprint density at radius 3 is 2.34 bits per heavy atom. The van der Waals surface area contributed by atoms with E-state index in [0.29, 0.717) is 50.9 Å². The van der Waals surface area contributed by atoms with Gasteiger partial charge in [-0.1, -0.05) is 24.3 Å². The van der Waals surface area contributed by atoms with Crippen LogP contribution in [0.25, 0.3) is 11.0 Å². The highest BCUT2D eigenvalue weighted by atomic mass is 32.1. The zero-order valence-electron chi connectivity index (χ0n) is 36.8. The molecule has 3 aromatic carbocycles. The van der Waals surface area contributed by atoms with Gasteiger partial charge in [0, 0.05) is 81.9 Å². The van der Waals surface area contributed by atoms with Gasteiger partial charge in [0.15, 0.2) is 11.5 Å². The number of anilines is 5. The molecule has 0 aliphatic carbocycles. The van der Waals surface area contributed by atoms with Gasteiger partial charge in [-0.2, -0.15) is 22.7 Å². The Kier molecular flexibility index (Phi) is 11.3. The van der Waals surface area contributed by atoms with E-state index in [0.717, 1.165) is 82.3 Å². The Labute approximate surface area is 382 Å². The molecule has 3 N–H and O–H groups in total. The summed E-state index contributed by atoms with van der Waals surface area (Å²) in [5.41, 5.74) is 8.89. The van der Waals surface area contributed by atoms with E-state index < -0.39 is 29.7 Å². The Hall–Kier alpha value is -6.33. The van der Waals surface area contributed by atoms with Gasteiger partial charge in [0.1, 0.15) is 6.04 Å². The van der Waals surface area contributed by atoms with Crippen LogP contribution in [0.4, 0.5) is 28.8 Å². The van der Waals surface area contributed by atoms with E-state index >= 15 is 0 Å². The number of nitrogens with one attached hydrogen (secondary N) is 3. The second kappa shape index (κ2) is 17.2. The summed E-state index contributed by atoms with van der Waals surface area (Å²) in [5, 5.41) is 14.8. The Balaban J connectivity index is 0.711. The van der Waals surface area contributed by atoms with Crippen LogP contribution in [0.2, 0.25) is 0 Å². The van der Waals surface area contributed by atoms with Crippen molar-refractivity contribution in [2.75, 3.05) is 48.3 Å². The lowest BCUT2D eigenvalue weighted by Gasteiger charge is -2.42. The normalized spacial score (nSPS) is 20.2. The van der Waals surface area contributed by atoms with Gasteiger partial charge in [-0.15, -0.1) is 0 Å². The molecule has 5 aliphatic rings. The van der Waals surface area contributed by atoms with Crippen LogP contribution < -0.4 is 20.9 Å². The van der Waals surface area contributed by atoms with Crippen LogP contribution in [-0.2, 0) is 34.4 Å². The van der Waals surface area contributed by atoms with Gasteiger partial charge in [-0.25, -0.2) is 9.67 Å². The summed E-state index contributed by atoms with van der Waals surface area (Å²) in [6.07, 6.45) is 6.14. The number of likely N-dealkylation sites (tertiary alicyclic amines) is 1. The van der Waals surface area contributed by atoms with Gasteiger partial charge in [0.25, 0.3) is 11.8 Å². The van der Waals surface area contributed by atoms with Crippen molar-refractivity contribution in [1.82, 2.24) is 39.8 Å². The number of piperidine rings is 3. The first-order valence-electron chi connectivity index (χ1n) is 22.6. The minimum absolute atomic E-state index is 0.0733. The smallest absolute Gasteiger partial charge is 0.262 e. The van der Waals surface area contributed by atoms with Gasteiger partial charge >= 0.3 is 0 Å². The number of imide groups is 2. The van der Waals surface area contributed by atoms with E-state index in [2.05, 4.69) is 74.9 Å². The predicted molar refractivity (Wildman–Crippen MR) is 249 cm³/mol. The molecule has 17 heteroatoms. The van der Waals surface area contributed by atoms with Crippen LogP contribution in [0.15, 0.2) is 60.8 Å². The fourth-order valence-corrected chi connectivity index (χ4v) is 10.8. The summed E-state index contributed by atoms with van der Waals surface area (Å²) in [4.78, 5) is 81.7. The summed E-state index contributed by atoms with van der Waals surface area (Å²) < 4.78 is 1.77. The highest BCUT2D eigenvalue weighted by Gasteiger charge is 2.45. The van der Waals surface area contributed by atoms with E-state index in [4.69, 9.17) is 22.7 Å². The number of hydrogen-bond acceptors (Lipinski definition) is 13. The van der Waals surface area contributed by atoms with Crippen molar-refractivity contribution in [3.05, 3.63) is 94.2 Å². The second-order valence-corrected chi connectivity index (χ2v) is 18.7. The van der Waals surface area contributed by atoms with Crippen LogP contribution in [0, 0.1) is 25.7 Å². The largest absolute Gasteiger partial charge is 0.371 e. The van der Waals surface area contributed by atoms with Gasteiger partial charge in [0.05, 0.1) is 21.9 Å². The third-order valence-corrected chi connectivity index (χ3v) is 14.8. The number of amides is 5. The SMILES string of the molecule is Cc1cccc(C)c1Nc1nn(C)c2nc(Nc3ccc4c(c3)CN(C(S)C3CCN(C(=O)C5CCN(c6ccc7c(c6)C(=O)N(C6CCC(=O)NC6=O)C7=O)CC5)CC3)CC4)ncc12. The van der Waals surface area contributed by atoms with E-state index in [1.54, 1.807) is 16.8 Å². The summed E-state index contributed by atoms with van der Waals surface area (Å²) in [7, 11) is 1.89. The molecule has 0 saturated carbocycles. The highest BCUT2D eigenvalue weighted by molar-refractivity contribution is 7.80. The monoisotopic (exact) mass is 895 g/mol. The molecule has 0 bridgehead atoms. The Morgan fingerprint density at radius 2 is 1.58 bits per heavy atom. The standard InChI is InChI=1S/C48H53N11O5S/c1-27-5-4-6-28(2)40(27)52-41-37-25-49-48(53-42(37)55(3)54-41)50-33-8-7-29-13-22-58(26-32(29)23-33)47(65)31-16-20-57(21-17-31)44(62)30-14-18-56(19-15-30)34-9-10-35-36(24-34)46(64)59(45(35)63)38-11-12-39(60)51-43(38)61/h4-10,23-25,30-31,38,47,65H,11-22,26H2,1-3H3,(H,52,54)(H,49,50,53)(H,51,60,61). The fraction of sp³-hybridized carbons (Fsp3) is 0.417. The van der Waals surface area contributed by atoms with Gasteiger partial charge in [0.2, 0.25) is 23.7 Å². The Bertz CT molecular complexity index is 2740. The van der Waals surface area contributed by atoms with E-state index in [-0.39, 0.29) is 41.2 Å². The van der Waals surface area contributed by atoms with Crippen molar-refractivity contribution in [2.24, 2.45) is 18.9 Å². The quantitative estimate of drug-likeness (QED) is 0.106. The van der Waals surface area contributed by atoms with Gasteiger partial charge in [-0.3, -0.25) is 39.1 Å². The second-order valence-electron chi connectivity index (χ2n) is 18.1. The maximum Gasteiger partial charge on any atom is 0.262 e. The lowest BCUT2D eigenvalue weighted by molar-refractivity contribution is -0.138. The minimum atomic E-state index is -1.00. The van der Waals surface area contributed by atoms with Crippen LogP contribution in [0.1, 0.15) is 81.5 Å².